The van der Waals surface area contributed by atoms with Crippen LogP contribution in [0.2, 0.25) is 5.02 Å². The van der Waals surface area contributed by atoms with E-state index < -0.39 is 0 Å². The Bertz CT molecular complexity index is 592. The maximum absolute atomic E-state index is 12.5. The lowest BCUT2D eigenvalue weighted by Gasteiger charge is -2.37. The number of ether oxygens (including phenoxy) is 2. The zero-order chi connectivity index (χ0) is 17.1. The van der Waals surface area contributed by atoms with E-state index in [1.165, 1.54) is 0 Å². The molecule has 0 bridgehead atoms. The van der Waals surface area contributed by atoms with Crippen LogP contribution in [0.15, 0.2) is 12.3 Å². The molecule has 0 aromatic carbocycles. The molecule has 2 saturated heterocycles. The SMILES string of the molecule is COC1CN(c2ncc(C(=O)N3CCOCC3)cc2Cl)CCC1C. The Morgan fingerprint density at radius 2 is 2.12 bits per heavy atom. The van der Waals surface area contributed by atoms with Gasteiger partial charge in [0.15, 0.2) is 0 Å². The van der Waals surface area contributed by atoms with Crippen LogP contribution in [0.1, 0.15) is 23.7 Å². The molecule has 0 N–H and O–H groups in total. The number of rotatable bonds is 3. The van der Waals surface area contributed by atoms with Crippen LogP contribution in [0.25, 0.3) is 0 Å². The van der Waals surface area contributed by atoms with Gasteiger partial charge in [0.2, 0.25) is 0 Å². The van der Waals surface area contributed by atoms with Crippen molar-refractivity contribution in [3.8, 4) is 0 Å². The lowest BCUT2D eigenvalue weighted by Crippen LogP contribution is -2.44. The number of morpholine rings is 1. The largest absolute Gasteiger partial charge is 0.379 e. The number of anilines is 1. The smallest absolute Gasteiger partial charge is 0.255 e. The van der Waals surface area contributed by atoms with Gasteiger partial charge in [0, 0.05) is 39.5 Å². The molecular weight excluding hydrogens is 330 g/mol. The van der Waals surface area contributed by atoms with Crippen LogP contribution in [0.3, 0.4) is 0 Å². The molecule has 2 fully saturated rings. The van der Waals surface area contributed by atoms with Crippen molar-refractivity contribution in [2.45, 2.75) is 19.4 Å². The molecule has 1 aromatic heterocycles. The van der Waals surface area contributed by atoms with E-state index in [2.05, 4.69) is 16.8 Å². The predicted molar refractivity (Wildman–Crippen MR) is 92.8 cm³/mol. The number of hydrogen-bond donors (Lipinski definition) is 0. The summed E-state index contributed by atoms with van der Waals surface area (Å²) in [6, 6.07) is 1.72. The summed E-state index contributed by atoms with van der Waals surface area (Å²) in [5.41, 5.74) is 0.527. The van der Waals surface area contributed by atoms with Crippen molar-refractivity contribution < 1.29 is 14.3 Å². The minimum absolute atomic E-state index is 0.0405. The van der Waals surface area contributed by atoms with Crippen molar-refractivity contribution in [2.24, 2.45) is 5.92 Å². The zero-order valence-electron chi connectivity index (χ0n) is 14.2. The molecule has 2 unspecified atom stereocenters. The minimum Gasteiger partial charge on any atom is -0.379 e. The van der Waals surface area contributed by atoms with Crippen molar-refractivity contribution >= 4 is 23.3 Å². The molecule has 1 aromatic rings. The van der Waals surface area contributed by atoms with Gasteiger partial charge in [0.05, 0.1) is 29.9 Å². The van der Waals surface area contributed by atoms with Crippen LogP contribution in [-0.4, -0.2) is 68.4 Å². The number of amides is 1. The molecule has 2 aliphatic rings. The third-order valence-electron chi connectivity index (χ3n) is 4.86. The highest BCUT2D eigenvalue weighted by atomic mass is 35.5. The minimum atomic E-state index is -0.0405. The van der Waals surface area contributed by atoms with E-state index in [0.29, 0.717) is 42.8 Å². The number of halogens is 1. The van der Waals surface area contributed by atoms with Gasteiger partial charge in [-0.05, 0) is 18.4 Å². The van der Waals surface area contributed by atoms with Crippen molar-refractivity contribution in [1.29, 1.82) is 0 Å². The first-order valence-electron chi connectivity index (χ1n) is 8.40. The monoisotopic (exact) mass is 353 g/mol. The Morgan fingerprint density at radius 1 is 1.38 bits per heavy atom. The van der Waals surface area contributed by atoms with E-state index in [1.807, 2.05) is 0 Å². The predicted octanol–water partition coefficient (Wildman–Crippen LogP) is 2.07. The summed E-state index contributed by atoms with van der Waals surface area (Å²) in [4.78, 5) is 20.9. The number of carbonyl (C=O) groups excluding carboxylic acids is 1. The Balaban J connectivity index is 1.73. The van der Waals surface area contributed by atoms with Gasteiger partial charge in [0.25, 0.3) is 5.91 Å². The molecule has 3 heterocycles. The second-order valence-electron chi connectivity index (χ2n) is 6.42. The van der Waals surface area contributed by atoms with E-state index in [9.17, 15) is 4.79 Å². The van der Waals surface area contributed by atoms with Crippen molar-refractivity contribution in [3.63, 3.8) is 0 Å². The second-order valence-corrected chi connectivity index (χ2v) is 6.83. The van der Waals surface area contributed by atoms with E-state index in [4.69, 9.17) is 21.1 Å². The van der Waals surface area contributed by atoms with Crippen molar-refractivity contribution in [3.05, 3.63) is 22.8 Å². The highest BCUT2D eigenvalue weighted by Gasteiger charge is 2.28. The molecule has 0 spiro atoms. The fourth-order valence-electron chi connectivity index (χ4n) is 3.26. The van der Waals surface area contributed by atoms with Crippen LogP contribution in [-0.2, 0) is 9.47 Å². The molecule has 0 radical (unpaired) electrons. The lowest BCUT2D eigenvalue weighted by atomic mass is 9.96. The molecule has 2 atom stereocenters. The summed E-state index contributed by atoms with van der Waals surface area (Å²) in [5, 5.41) is 0.513. The number of aromatic nitrogens is 1. The van der Waals surface area contributed by atoms with Gasteiger partial charge in [0.1, 0.15) is 5.82 Å². The van der Waals surface area contributed by atoms with E-state index in [-0.39, 0.29) is 12.0 Å². The summed E-state index contributed by atoms with van der Waals surface area (Å²) in [7, 11) is 1.74. The summed E-state index contributed by atoms with van der Waals surface area (Å²) in [6.07, 6.45) is 2.83. The molecule has 2 aliphatic heterocycles. The molecule has 132 valence electrons. The van der Waals surface area contributed by atoms with Gasteiger partial charge in [-0.1, -0.05) is 18.5 Å². The van der Waals surface area contributed by atoms with Crippen molar-refractivity contribution in [2.75, 3.05) is 51.4 Å². The molecule has 7 heteroatoms. The number of carbonyl (C=O) groups is 1. The Hall–Kier alpha value is -1.37. The van der Waals surface area contributed by atoms with E-state index in [0.717, 1.165) is 25.3 Å². The average molecular weight is 354 g/mol. The maximum Gasteiger partial charge on any atom is 0.255 e. The Kier molecular flexibility index (Phi) is 5.58. The van der Waals surface area contributed by atoms with Gasteiger partial charge >= 0.3 is 0 Å². The van der Waals surface area contributed by atoms with Crippen LogP contribution in [0, 0.1) is 5.92 Å². The van der Waals surface area contributed by atoms with E-state index >= 15 is 0 Å². The van der Waals surface area contributed by atoms with Crippen LogP contribution < -0.4 is 4.90 Å². The average Bonchev–Trinajstić information content (AvgIpc) is 2.62. The topological polar surface area (TPSA) is 54.9 Å². The first-order chi connectivity index (χ1) is 11.6. The first kappa shape index (κ1) is 17.5. The summed E-state index contributed by atoms with van der Waals surface area (Å²) in [6.45, 7) is 6.23. The van der Waals surface area contributed by atoms with Gasteiger partial charge in [-0.15, -0.1) is 0 Å². The summed E-state index contributed by atoms with van der Waals surface area (Å²) < 4.78 is 10.8. The molecule has 1 amide bonds. The fourth-order valence-corrected chi connectivity index (χ4v) is 3.55. The molecule has 0 saturated carbocycles. The number of hydrogen-bond acceptors (Lipinski definition) is 5. The van der Waals surface area contributed by atoms with Crippen molar-refractivity contribution in [1.82, 2.24) is 9.88 Å². The molecule has 24 heavy (non-hydrogen) atoms. The highest BCUT2D eigenvalue weighted by molar-refractivity contribution is 6.33. The van der Waals surface area contributed by atoms with Gasteiger partial charge < -0.3 is 19.3 Å². The number of nitrogens with zero attached hydrogens (tertiary/aromatic N) is 3. The van der Waals surface area contributed by atoms with Gasteiger partial charge in [-0.3, -0.25) is 4.79 Å². The third-order valence-corrected chi connectivity index (χ3v) is 5.14. The molecular formula is C17H24ClN3O3. The van der Waals surface area contributed by atoms with Gasteiger partial charge in [-0.2, -0.15) is 0 Å². The number of piperidine rings is 1. The van der Waals surface area contributed by atoms with Crippen LogP contribution in [0.4, 0.5) is 5.82 Å². The summed E-state index contributed by atoms with van der Waals surface area (Å²) >= 11 is 6.43. The second kappa shape index (κ2) is 7.68. The van der Waals surface area contributed by atoms with Crippen LogP contribution >= 0.6 is 11.6 Å². The fraction of sp³-hybridized carbons (Fsp3) is 0.647. The highest BCUT2D eigenvalue weighted by Crippen LogP contribution is 2.29. The lowest BCUT2D eigenvalue weighted by molar-refractivity contribution is 0.0302. The summed E-state index contributed by atoms with van der Waals surface area (Å²) in [5.74, 6) is 1.21. The molecule has 3 rings (SSSR count). The third kappa shape index (κ3) is 3.66. The molecule has 0 aliphatic carbocycles. The number of methoxy groups -OCH3 is 1. The maximum atomic E-state index is 12.5. The standard InChI is InChI=1S/C17H24ClN3O3/c1-12-3-4-21(11-15(12)23-2)16-14(18)9-13(10-19-16)17(22)20-5-7-24-8-6-20/h9-10,12,15H,3-8,11H2,1-2H3. The quantitative estimate of drug-likeness (QED) is 0.832. The zero-order valence-corrected chi connectivity index (χ0v) is 15.0. The van der Waals surface area contributed by atoms with Crippen LogP contribution in [0.5, 0.6) is 0 Å². The number of pyridine rings is 1. The normalized spacial score (nSPS) is 25.0. The first-order valence-corrected chi connectivity index (χ1v) is 8.78. The Morgan fingerprint density at radius 3 is 2.79 bits per heavy atom. The van der Waals surface area contributed by atoms with Gasteiger partial charge in [-0.25, -0.2) is 4.98 Å². The van der Waals surface area contributed by atoms with E-state index in [1.54, 1.807) is 24.3 Å². The Labute approximate surface area is 147 Å². The molecule has 6 nitrogen and oxygen atoms in total.